The molecular formula is C25H25N3O7. The number of fused-ring (bicyclic) bond motifs is 1. The molecule has 2 aromatic carbocycles. The molecule has 0 unspecified atom stereocenters. The molecule has 2 N–H and O–H groups in total. The second kappa shape index (κ2) is 10.3. The Bertz CT molecular complexity index is 1310. The van der Waals surface area contributed by atoms with Crippen LogP contribution in [-0.4, -0.2) is 42.9 Å². The van der Waals surface area contributed by atoms with Gasteiger partial charge in [0.1, 0.15) is 30.3 Å². The van der Waals surface area contributed by atoms with Gasteiger partial charge in [-0.3, -0.25) is 0 Å². The molecule has 0 saturated heterocycles. The Morgan fingerprint density at radius 3 is 2.49 bits per heavy atom. The normalized spacial score (nSPS) is 13.3. The zero-order valence-electron chi connectivity index (χ0n) is 19.6. The topological polar surface area (TPSA) is 129 Å². The van der Waals surface area contributed by atoms with Crippen LogP contribution >= 0.6 is 0 Å². The van der Waals surface area contributed by atoms with Crippen LogP contribution in [-0.2, 0) is 20.9 Å². The highest BCUT2D eigenvalue weighted by Crippen LogP contribution is 2.28. The van der Waals surface area contributed by atoms with E-state index in [1.54, 1.807) is 26.0 Å². The van der Waals surface area contributed by atoms with Crippen molar-refractivity contribution >= 4 is 28.7 Å². The molecule has 0 aliphatic carbocycles. The highest BCUT2D eigenvalue weighted by molar-refractivity contribution is 5.99. The molecule has 2 heterocycles. The van der Waals surface area contributed by atoms with Gasteiger partial charge in [-0.05, 0) is 43.7 Å². The molecule has 10 nitrogen and oxygen atoms in total. The Hall–Kier alpha value is -4.34. The van der Waals surface area contributed by atoms with E-state index >= 15 is 0 Å². The third-order valence-electron chi connectivity index (χ3n) is 5.54. The van der Waals surface area contributed by atoms with Crippen LogP contribution in [0, 0.1) is 13.8 Å². The summed E-state index contributed by atoms with van der Waals surface area (Å²) in [5.74, 6) is -0.316. The van der Waals surface area contributed by atoms with Gasteiger partial charge in [-0.2, -0.15) is 0 Å². The Kier molecular flexibility index (Phi) is 7.00. The summed E-state index contributed by atoms with van der Waals surface area (Å²) in [4.78, 5) is 37.2. The third kappa shape index (κ3) is 5.26. The fourth-order valence-corrected chi connectivity index (χ4v) is 3.64. The monoisotopic (exact) mass is 479 g/mol. The maximum absolute atomic E-state index is 13.1. The smallest absolute Gasteiger partial charge is 0.342 e. The quantitative estimate of drug-likeness (QED) is 0.471. The van der Waals surface area contributed by atoms with E-state index in [1.807, 2.05) is 31.2 Å². The van der Waals surface area contributed by atoms with Crippen molar-refractivity contribution in [3.63, 3.8) is 0 Å². The number of hydrogen-bond donors (Lipinski definition) is 2. The Morgan fingerprint density at radius 1 is 1.06 bits per heavy atom. The first kappa shape index (κ1) is 23.8. The van der Waals surface area contributed by atoms with Crippen LogP contribution in [0.25, 0.3) is 10.8 Å². The summed E-state index contributed by atoms with van der Waals surface area (Å²) in [6.45, 7) is 5.25. The lowest BCUT2D eigenvalue weighted by Crippen LogP contribution is -2.45. The molecule has 0 bridgehead atoms. The van der Waals surface area contributed by atoms with Crippen molar-refractivity contribution in [3.05, 3.63) is 70.2 Å². The molecular weight excluding hydrogens is 454 g/mol. The number of nitrogens with one attached hydrogen (secondary N) is 2. The Labute approximate surface area is 201 Å². The van der Waals surface area contributed by atoms with E-state index in [2.05, 4.69) is 15.8 Å². The number of ether oxygens (including phenoxy) is 3. The zero-order chi connectivity index (χ0) is 24.9. The van der Waals surface area contributed by atoms with E-state index in [4.69, 9.17) is 18.7 Å². The van der Waals surface area contributed by atoms with E-state index in [0.29, 0.717) is 17.2 Å². The highest BCUT2D eigenvalue weighted by atomic mass is 16.5. The van der Waals surface area contributed by atoms with Crippen molar-refractivity contribution in [1.29, 1.82) is 0 Å². The first-order valence-electron chi connectivity index (χ1n) is 11.1. The number of aromatic nitrogens is 1. The summed E-state index contributed by atoms with van der Waals surface area (Å²) < 4.78 is 21.7. The molecule has 1 aliphatic heterocycles. The average molecular weight is 479 g/mol. The fraction of sp³-hybridized carbons (Fsp3) is 0.280. The molecule has 0 spiro atoms. The number of rotatable bonds is 8. The maximum atomic E-state index is 13.1. The lowest BCUT2D eigenvalue weighted by Gasteiger charge is -2.21. The van der Waals surface area contributed by atoms with Crippen LogP contribution in [0.3, 0.4) is 0 Å². The van der Waals surface area contributed by atoms with E-state index in [0.717, 1.165) is 16.3 Å². The number of carbonyl (C=O) groups is 3. The van der Waals surface area contributed by atoms with Crippen LogP contribution < -0.4 is 15.4 Å². The van der Waals surface area contributed by atoms with Gasteiger partial charge in [0.05, 0.1) is 35.7 Å². The number of benzene rings is 2. The predicted molar refractivity (Wildman–Crippen MR) is 125 cm³/mol. The molecule has 10 heteroatoms. The molecule has 0 saturated carbocycles. The van der Waals surface area contributed by atoms with Crippen LogP contribution in [0.1, 0.15) is 34.3 Å². The van der Waals surface area contributed by atoms with E-state index < -0.39 is 18.0 Å². The first-order valence-corrected chi connectivity index (χ1v) is 11.1. The van der Waals surface area contributed by atoms with Gasteiger partial charge in [-0.15, -0.1) is 0 Å². The molecule has 0 fully saturated rings. The van der Waals surface area contributed by atoms with E-state index in [9.17, 15) is 14.4 Å². The van der Waals surface area contributed by atoms with Gasteiger partial charge in [0.25, 0.3) is 0 Å². The first-order chi connectivity index (χ1) is 16.9. The van der Waals surface area contributed by atoms with Gasteiger partial charge in [0, 0.05) is 0 Å². The molecule has 4 rings (SSSR count). The van der Waals surface area contributed by atoms with Crippen LogP contribution in [0.4, 0.5) is 4.79 Å². The lowest BCUT2D eigenvalue weighted by molar-refractivity contribution is -0.138. The largest absolute Gasteiger partial charge is 0.488 e. The second-order valence-corrected chi connectivity index (χ2v) is 7.85. The van der Waals surface area contributed by atoms with Gasteiger partial charge in [-0.25, -0.2) is 14.4 Å². The zero-order valence-corrected chi connectivity index (χ0v) is 19.6. The van der Waals surface area contributed by atoms with Gasteiger partial charge in [0.2, 0.25) is 0 Å². The summed E-state index contributed by atoms with van der Waals surface area (Å²) in [6.07, 6.45) is 0. The molecule has 0 atom stereocenters. The van der Waals surface area contributed by atoms with Crippen LogP contribution in [0.5, 0.6) is 5.75 Å². The van der Waals surface area contributed by atoms with Crippen molar-refractivity contribution in [2.45, 2.75) is 27.4 Å². The maximum Gasteiger partial charge on any atom is 0.342 e. The number of hydrogen-bond acceptors (Lipinski definition) is 8. The van der Waals surface area contributed by atoms with Gasteiger partial charge in [0.15, 0.2) is 0 Å². The summed E-state index contributed by atoms with van der Waals surface area (Å²) in [7, 11) is 0. The summed E-state index contributed by atoms with van der Waals surface area (Å²) in [5, 5.41) is 10.7. The summed E-state index contributed by atoms with van der Waals surface area (Å²) in [5.41, 5.74) is 2.05. The highest BCUT2D eigenvalue weighted by Gasteiger charge is 2.25. The minimum Gasteiger partial charge on any atom is -0.488 e. The van der Waals surface area contributed by atoms with Gasteiger partial charge in [-0.1, -0.05) is 29.4 Å². The molecule has 1 aliphatic rings. The number of nitrogens with zero attached hydrogens (tertiary/aromatic N) is 1. The summed E-state index contributed by atoms with van der Waals surface area (Å²) >= 11 is 0. The number of urea groups is 1. The predicted octanol–water partition coefficient (Wildman–Crippen LogP) is 3.31. The van der Waals surface area contributed by atoms with E-state index in [1.165, 1.54) is 0 Å². The number of carbonyl (C=O) groups excluding carboxylic acids is 3. The molecule has 35 heavy (non-hydrogen) atoms. The Balaban J connectivity index is 1.60. The van der Waals surface area contributed by atoms with Crippen molar-refractivity contribution in [2.24, 2.45) is 0 Å². The average Bonchev–Trinajstić information content (AvgIpc) is 3.17. The fourth-order valence-electron chi connectivity index (χ4n) is 3.64. The van der Waals surface area contributed by atoms with Crippen molar-refractivity contribution in [1.82, 2.24) is 15.8 Å². The van der Waals surface area contributed by atoms with Gasteiger partial charge < -0.3 is 29.4 Å². The van der Waals surface area contributed by atoms with E-state index in [-0.39, 0.29) is 43.2 Å². The Morgan fingerprint density at radius 2 is 1.80 bits per heavy atom. The SMILES string of the molecule is CCOC(=O)C1=C(COC(=O)c2cc3ccccc3cc2OCc2c(C)noc2C)NC(=O)NC1. The molecule has 3 aromatic rings. The van der Waals surface area contributed by atoms with Gasteiger partial charge >= 0.3 is 18.0 Å². The number of amides is 2. The van der Waals surface area contributed by atoms with Crippen molar-refractivity contribution in [3.8, 4) is 5.75 Å². The standard InChI is InChI=1S/C25H25N3O7/c1-4-32-24(30)19-11-26-25(31)27-21(19)13-34-23(29)18-9-16-7-5-6-8-17(16)10-22(18)33-12-20-14(2)28-35-15(20)3/h5-10H,4,11-13H2,1-3H3,(H2,26,27,31). The van der Waals surface area contributed by atoms with Crippen molar-refractivity contribution < 1.29 is 33.1 Å². The molecule has 1 aromatic heterocycles. The van der Waals surface area contributed by atoms with Crippen molar-refractivity contribution in [2.75, 3.05) is 19.8 Å². The molecule has 0 radical (unpaired) electrons. The third-order valence-corrected chi connectivity index (χ3v) is 5.54. The minimum absolute atomic E-state index is 0.0284. The second-order valence-electron chi connectivity index (χ2n) is 7.85. The summed E-state index contributed by atoms with van der Waals surface area (Å²) in [6, 6.07) is 10.5. The molecule has 182 valence electrons. The van der Waals surface area contributed by atoms with Crippen LogP contribution in [0.15, 0.2) is 52.2 Å². The lowest BCUT2D eigenvalue weighted by atomic mass is 10.1. The number of aryl methyl sites for hydroxylation is 2. The minimum atomic E-state index is -0.673. The molecule has 2 amide bonds. The van der Waals surface area contributed by atoms with Crippen LogP contribution in [0.2, 0.25) is 0 Å². The number of esters is 2.